The maximum atomic E-state index is 13.4. The van der Waals surface area contributed by atoms with Crippen LogP contribution in [-0.2, 0) is 9.47 Å². The van der Waals surface area contributed by atoms with Crippen molar-refractivity contribution in [2.75, 3.05) is 31.9 Å². The van der Waals surface area contributed by atoms with Gasteiger partial charge in [-0.25, -0.2) is 4.98 Å². The van der Waals surface area contributed by atoms with E-state index in [1.165, 1.54) is 6.20 Å². The fourth-order valence-electron chi connectivity index (χ4n) is 5.25. The molecule has 3 aromatic rings. The molecule has 5 rings (SSSR count). The van der Waals surface area contributed by atoms with Gasteiger partial charge in [-0.3, -0.25) is 9.59 Å². The van der Waals surface area contributed by atoms with Gasteiger partial charge in [-0.05, 0) is 57.6 Å². The van der Waals surface area contributed by atoms with Crippen LogP contribution in [0.1, 0.15) is 61.8 Å². The first-order valence-electron chi connectivity index (χ1n) is 12.8. The SMILES string of the molecule is CNc1cc(Nc2cccn([C@H]3CC[C@](C)(OC)CC3)c2=O)nc2c(C(=O)N[C@@H]3CC[C@H]3OC)cnn12. The molecule has 0 saturated heterocycles. The molecule has 0 radical (unpaired) electrons. The average Bonchev–Trinajstić information content (AvgIpc) is 3.32. The van der Waals surface area contributed by atoms with E-state index in [9.17, 15) is 9.59 Å². The molecule has 11 heteroatoms. The summed E-state index contributed by atoms with van der Waals surface area (Å²) in [6.07, 6.45) is 8.73. The van der Waals surface area contributed by atoms with Gasteiger partial charge in [-0.2, -0.15) is 9.61 Å². The second-order valence-electron chi connectivity index (χ2n) is 10.1. The van der Waals surface area contributed by atoms with E-state index in [4.69, 9.17) is 9.47 Å². The molecule has 2 fully saturated rings. The third-order valence-electron chi connectivity index (χ3n) is 7.94. The molecule has 3 N–H and O–H groups in total. The molecule has 3 aromatic heterocycles. The molecule has 2 aliphatic carbocycles. The number of pyridine rings is 1. The Morgan fingerprint density at radius 1 is 1.19 bits per heavy atom. The highest BCUT2D eigenvalue weighted by molar-refractivity contribution is 6.00. The summed E-state index contributed by atoms with van der Waals surface area (Å²) in [5, 5.41) is 13.6. The zero-order chi connectivity index (χ0) is 26.2. The first kappa shape index (κ1) is 25.2. The molecule has 2 atom stereocenters. The molecule has 198 valence electrons. The summed E-state index contributed by atoms with van der Waals surface area (Å²) in [5.41, 5.74) is 0.933. The van der Waals surface area contributed by atoms with Crippen LogP contribution in [0.2, 0.25) is 0 Å². The lowest BCUT2D eigenvalue weighted by molar-refractivity contribution is -0.0324. The maximum absolute atomic E-state index is 13.4. The second-order valence-corrected chi connectivity index (χ2v) is 10.1. The smallest absolute Gasteiger partial charge is 0.274 e. The number of amides is 1. The third kappa shape index (κ3) is 4.80. The molecule has 0 aromatic carbocycles. The van der Waals surface area contributed by atoms with Crippen molar-refractivity contribution in [2.24, 2.45) is 0 Å². The molecule has 0 spiro atoms. The van der Waals surface area contributed by atoms with Crippen LogP contribution in [-0.4, -0.2) is 64.1 Å². The van der Waals surface area contributed by atoms with Crippen LogP contribution in [0.5, 0.6) is 0 Å². The van der Waals surface area contributed by atoms with E-state index in [-0.39, 0.29) is 35.3 Å². The highest BCUT2D eigenvalue weighted by Crippen LogP contribution is 2.36. The zero-order valence-electron chi connectivity index (χ0n) is 21.8. The van der Waals surface area contributed by atoms with E-state index in [0.717, 1.165) is 38.5 Å². The van der Waals surface area contributed by atoms with Crippen LogP contribution in [0.4, 0.5) is 17.3 Å². The first-order valence-corrected chi connectivity index (χ1v) is 12.8. The monoisotopic (exact) mass is 509 g/mol. The quantitative estimate of drug-likeness (QED) is 0.423. The van der Waals surface area contributed by atoms with Crippen LogP contribution in [0.15, 0.2) is 35.4 Å². The Balaban J connectivity index is 1.41. The van der Waals surface area contributed by atoms with Gasteiger partial charge < -0.3 is 30.0 Å². The number of nitrogens with one attached hydrogen (secondary N) is 3. The van der Waals surface area contributed by atoms with Crippen LogP contribution in [0.3, 0.4) is 0 Å². The lowest BCUT2D eigenvalue weighted by Gasteiger charge is -2.36. The van der Waals surface area contributed by atoms with Crippen molar-refractivity contribution in [1.29, 1.82) is 0 Å². The third-order valence-corrected chi connectivity index (χ3v) is 7.94. The fourth-order valence-corrected chi connectivity index (χ4v) is 5.25. The Kier molecular flexibility index (Phi) is 6.91. The normalized spacial score (nSPS) is 25.5. The van der Waals surface area contributed by atoms with Crippen molar-refractivity contribution in [1.82, 2.24) is 24.5 Å². The number of hydrogen-bond acceptors (Lipinski definition) is 8. The number of nitrogens with zero attached hydrogens (tertiary/aromatic N) is 4. The zero-order valence-corrected chi connectivity index (χ0v) is 21.8. The van der Waals surface area contributed by atoms with Crippen molar-refractivity contribution in [3.05, 3.63) is 46.5 Å². The highest BCUT2D eigenvalue weighted by atomic mass is 16.5. The average molecular weight is 510 g/mol. The molecule has 0 aliphatic heterocycles. The number of rotatable bonds is 8. The van der Waals surface area contributed by atoms with Crippen molar-refractivity contribution in [2.45, 2.75) is 69.2 Å². The first-order chi connectivity index (χ1) is 17.9. The molecule has 37 heavy (non-hydrogen) atoms. The van der Waals surface area contributed by atoms with Gasteiger partial charge in [0.15, 0.2) is 5.65 Å². The Hall–Kier alpha value is -3.44. The molecule has 1 amide bonds. The van der Waals surface area contributed by atoms with Gasteiger partial charge in [-0.1, -0.05) is 0 Å². The predicted octanol–water partition coefficient (Wildman–Crippen LogP) is 3.10. The van der Waals surface area contributed by atoms with Crippen LogP contribution in [0, 0.1) is 0 Å². The van der Waals surface area contributed by atoms with Crippen molar-refractivity contribution < 1.29 is 14.3 Å². The summed E-state index contributed by atoms with van der Waals surface area (Å²) in [7, 11) is 5.17. The van der Waals surface area contributed by atoms with Crippen LogP contribution < -0.4 is 21.5 Å². The summed E-state index contributed by atoms with van der Waals surface area (Å²) in [5.74, 6) is 0.818. The Labute approximate surface area is 215 Å². The highest BCUT2D eigenvalue weighted by Gasteiger charge is 2.33. The summed E-state index contributed by atoms with van der Waals surface area (Å²) in [6, 6.07) is 5.47. The fraction of sp³-hybridized carbons (Fsp3) is 0.538. The van der Waals surface area contributed by atoms with E-state index in [2.05, 4.69) is 33.0 Å². The predicted molar refractivity (Wildman–Crippen MR) is 141 cm³/mol. The largest absolute Gasteiger partial charge is 0.379 e. The van der Waals surface area contributed by atoms with Gasteiger partial charge >= 0.3 is 0 Å². The summed E-state index contributed by atoms with van der Waals surface area (Å²) in [4.78, 5) is 31.1. The Morgan fingerprint density at radius 2 is 1.97 bits per heavy atom. The lowest BCUT2D eigenvalue weighted by atomic mass is 9.83. The van der Waals surface area contributed by atoms with Gasteiger partial charge in [0.05, 0.1) is 23.9 Å². The minimum atomic E-state index is -0.254. The van der Waals surface area contributed by atoms with Crippen LogP contribution >= 0.6 is 0 Å². The van der Waals surface area contributed by atoms with Gasteiger partial charge in [0.2, 0.25) is 0 Å². The number of hydrogen-bond donors (Lipinski definition) is 3. The van der Waals surface area contributed by atoms with Gasteiger partial charge in [0, 0.05) is 39.6 Å². The minimum Gasteiger partial charge on any atom is -0.379 e. The van der Waals surface area contributed by atoms with Crippen molar-refractivity contribution >= 4 is 28.9 Å². The Bertz CT molecular complexity index is 1340. The number of carbonyl (C=O) groups is 1. The number of carbonyl (C=O) groups excluding carboxylic acids is 1. The topological polar surface area (TPSA) is 124 Å². The molecule has 3 heterocycles. The molecular formula is C26H35N7O4. The van der Waals surface area contributed by atoms with Crippen molar-refractivity contribution in [3.8, 4) is 0 Å². The van der Waals surface area contributed by atoms with Crippen molar-refractivity contribution in [3.63, 3.8) is 0 Å². The summed E-state index contributed by atoms with van der Waals surface area (Å²) < 4.78 is 14.4. The Morgan fingerprint density at radius 3 is 2.62 bits per heavy atom. The number of aromatic nitrogens is 4. The van der Waals surface area contributed by atoms with E-state index in [1.807, 2.05) is 12.3 Å². The van der Waals surface area contributed by atoms with E-state index in [0.29, 0.717) is 28.5 Å². The van der Waals surface area contributed by atoms with Gasteiger partial charge in [-0.15, -0.1) is 0 Å². The molecule has 2 saturated carbocycles. The van der Waals surface area contributed by atoms with Crippen LogP contribution in [0.25, 0.3) is 5.65 Å². The maximum Gasteiger partial charge on any atom is 0.274 e. The number of methoxy groups -OCH3 is 2. The summed E-state index contributed by atoms with van der Waals surface area (Å²) in [6.45, 7) is 2.12. The second kappa shape index (κ2) is 10.1. The van der Waals surface area contributed by atoms with E-state index in [1.54, 1.807) is 42.5 Å². The molecule has 11 nitrogen and oxygen atoms in total. The number of fused-ring (bicyclic) bond motifs is 1. The summed E-state index contributed by atoms with van der Waals surface area (Å²) >= 11 is 0. The van der Waals surface area contributed by atoms with Gasteiger partial charge in [0.1, 0.15) is 22.9 Å². The lowest BCUT2D eigenvalue weighted by Crippen LogP contribution is -2.51. The van der Waals surface area contributed by atoms with E-state index < -0.39 is 0 Å². The standard InChI is InChI=1S/C26H35N7O4/c1-26(37-4)11-9-16(10-12-26)32-13-5-6-19(25(32)35)29-21-14-22(27-2)33-23(31-21)17(15-28-33)24(34)30-18-7-8-20(18)36-3/h5-6,13-16,18,20,27H,7-12H2,1-4H3,(H,29,31)(H,30,34)/t16-,18-,20-,26-/m1/s1. The molecular weight excluding hydrogens is 474 g/mol. The number of ether oxygens (including phenoxy) is 2. The van der Waals surface area contributed by atoms with Gasteiger partial charge in [0.25, 0.3) is 11.5 Å². The molecule has 0 unspecified atom stereocenters. The molecule has 2 aliphatic rings. The minimum absolute atomic E-state index is 0.0245. The number of anilines is 3. The van der Waals surface area contributed by atoms with E-state index >= 15 is 0 Å². The molecule has 0 bridgehead atoms.